The predicted octanol–water partition coefficient (Wildman–Crippen LogP) is 3.32. The number of nitrogens with one attached hydrogen (secondary N) is 1. The van der Waals surface area contributed by atoms with Crippen LogP contribution < -0.4 is 15.2 Å². The number of nitrogens with two attached hydrogens (primary N) is 1. The molecule has 0 aliphatic carbocycles. The fourth-order valence-electron chi connectivity index (χ4n) is 3.14. The van der Waals surface area contributed by atoms with Crippen molar-refractivity contribution in [3.8, 4) is 18.0 Å². The lowest BCUT2D eigenvalue weighted by molar-refractivity contribution is 0.312. The molecule has 0 radical (unpaired) electrons. The average Bonchev–Trinajstić information content (AvgIpc) is 2.95. The zero-order chi connectivity index (χ0) is 18.2. The molecule has 0 bridgehead atoms. The molecule has 0 amide bonds. The molecule has 1 aromatic carbocycles. The van der Waals surface area contributed by atoms with Crippen LogP contribution in [-0.4, -0.2) is 16.6 Å². The number of rotatable bonds is 3. The van der Waals surface area contributed by atoms with Crippen LogP contribution in [0.15, 0.2) is 35.7 Å². The van der Waals surface area contributed by atoms with E-state index in [1.54, 1.807) is 0 Å². The number of nitriles is 1. The monoisotopic (exact) mass is 338 g/mol. The number of allylic oxidation sites excluding steroid dienone is 1. The van der Waals surface area contributed by atoms with Gasteiger partial charge in [-0.2, -0.15) is 10.2 Å². The molecule has 1 aromatic heterocycles. The number of ether oxygens (including phenoxy) is 2. The highest BCUT2D eigenvalue weighted by atomic mass is 16.5. The summed E-state index contributed by atoms with van der Waals surface area (Å²) < 4.78 is 11.0. The minimum atomic E-state index is -0.370. The number of hydrogen-bond donors (Lipinski definition) is 2. The summed E-state index contributed by atoms with van der Waals surface area (Å²) in [6, 6.07) is 10.6. The minimum Gasteiger partial charge on any atom is -0.465 e. The first kappa shape index (κ1) is 16.9. The lowest BCUT2D eigenvalue weighted by atomic mass is 9.77. The van der Waals surface area contributed by atoms with Crippen molar-refractivity contribution in [1.29, 1.82) is 5.26 Å². The molecular weight excluding hydrogens is 316 g/mol. The third kappa shape index (κ3) is 2.93. The van der Waals surface area contributed by atoms with E-state index in [9.17, 15) is 5.26 Å². The molecule has 0 saturated heterocycles. The summed E-state index contributed by atoms with van der Waals surface area (Å²) in [5.74, 6) is 0.0674. The van der Waals surface area contributed by atoms with Crippen LogP contribution in [0.3, 0.4) is 0 Å². The maximum atomic E-state index is 9.69. The molecule has 3 rings (SSSR count). The first-order chi connectivity index (χ1) is 11.9. The largest absolute Gasteiger partial charge is 0.465 e. The first-order valence-corrected chi connectivity index (χ1v) is 8.26. The third-order valence-electron chi connectivity index (χ3n) is 4.21. The summed E-state index contributed by atoms with van der Waals surface area (Å²) in [6.45, 7) is 8.78. The number of imidazole rings is 1. The van der Waals surface area contributed by atoms with E-state index in [0.717, 1.165) is 11.1 Å². The number of hydrogen-bond acceptors (Lipinski definition) is 5. The molecule has 1 aliphatic heterocycles. The summed E-state index contributed by atoms with van der Waals surface area (Å²) in [5, 5.41) is 9.69. The second-order valence-electron chi connectivity index (χ2n) is 6.96. The van der Waals surface area contributed by atoms with Gasteiger partial charge in [0.05, 0.1) is 18.2 Å². The van der Waals surface area contributed by atoms with E-state index in [0.29, 0.717) is 29.8 Å². The lowest BCUT2D eigenvalue weighted by Gasteiger charge is -2.29. The van der Waals surface area contributed by atoms with Gasteiger partial charge >= 0.3 is 0 Å². The van der Waals surface area contributed by atoms with Crippen LogP contribution >= 0.6 is 0 Å². The Kier molecular flexibility index (Phi) is 4.17. The van der Waals surface area contributed by atoms with E-state index < -0.39 is 0 Å². The SMILES string of the molecule is CCOc1nc2c([nH]1)C(c1ccccc1C(C)(C)C)C(C#N)=C(N)O2. The van der Waals surface area contributed by atoms with Gasteiger partial charge in [0.25, 0.3) is 6.01 Å². The summed E-state index contributed by atoms with van der Waals surface area (Å²) >= 11 is 0. The quantitative estimate of drug-likeness (QED) is 0.895. The highest BCUT2D eigenvalue weighted by Crippen LogP contribution is 2.44. The van der Waals surface area contributed by atoms with Crippen LogP contribution in [0.1, 0.15) is 50.4 Å². The van der Waals surface area contributed by atoms with Crippen LogP contribution in [0, 0.1) is 11.3 Å². The standard InChI is InChI=1S/C19H22N4O2/c1-5-24-18-22-15-14(12(10-20)16(21)25-17(15)23-18)11-8-6-7-9-13(11)19(2,3)4/h6-9,14H,5,21H2,1-4H3,(H,22,23). The normalized spacial score (nSPS) is 16.8. The molecule has 2 heterocycles. The van der Waals surface area contributed by atoms with Crippen molar-refractivity contribution in [1.82, 2.24) is 9.97 Å². The van der Waals surface area contributed by atoms with Crippen LogP contribution in [0.5, 0.6) is 11.9 Å². The van der Waals surface area contributed by atoms with Gasteiger partial charge in [0, 0.05) is 0 Å². The Morgan fingerprint density at radius 2 is 2.08 bits per heavy atom. The Balaban J connectivity index is 2.23. The van der Waals surface area contributed by atoms with Crippen LogP contribution in [-0.2, 0) is 5.41 Å². The molecule has 0 saturated carbocycles. The summed E-state index contributed by atoms with van der Waals surface area (Å²) in [7, 11) is 0. The molecule has 0 spiro atoms. The van der Waals surface area contributed by atoms with Crippen molar-refractivity contribution in [2.24, 2.45) is 5.73 Å². The molecule has 3 N–H and O–H groups in total. The van der Waals surface area contributed by atoms with Gasteiger partial charge in [0.15, 0.2) is 0 Å². The van der Waals surface area contributed by atoms with Crippen molar-refractivity contribution < 1.29 is 9.47 Å². The molecule has 1 aliphatic rings. The molecule has 25 heavy (non-hydrogen) atoms. The first-order valence-electron chi connectivity index (χ1n) is 8.26. The number of aromatic nitrogens is 2. The van der Waals surface area contributed by atoms with Crippen molar-refractivity contribution in [3.63, 3.8) is 0 Å². The van der Waals surface area contributed by atoms with E-state index in [4.69, 9.17) is 15.2 Å². The molecule has 0 fully saturated rings. The third-order valence-corrected chi connectivity index (χ3v) is 4.21. The Morgan fingerprint density at radius 3 is 2.72 bits per heavy atom. The molecule has 2 aromatic rings. The number of aromatic amines is 1. The van der Waals surface area contributed by atoms with Crippen molar-refractivity contribution >= 4 is 0 Å². The topological polar surface area (TPSA) is 97.0 Å². The van der Waals surface area contributed by atoms with E-state index in [-0.39, 0.29) is 17.2 Å². The predicted molar refractivity (Wildman–Crippen MR) is 94.2 cm³/mol. The molecule has 6 heteroatoms. The van der Waals surface area contributed by atoms with E-state index in [2.05, 4.69) is 42.9 Å². The van der Waals surface area contributed by atoms with Gasteiger partial charge in [-0.1, -0.05) is 45.0 Å². The van der Waals surface area contributed by atoms with E-state index in [1.165, 1.54) is 0 Å². The van der Waals surface area contributed by atoms with Gasteiger partial charge in [-0.3, -0.25) is 0 Å². The summed E-state index contributed by atoms with van der Waals surface area (Å²) in [6.07, 6.45) is 0. The Bertz CT molecular complexity index is 868. The Hall–Kier alpha value is -2.94. The minimum absolute atomic E-state index is 0.0817. The highest BCUT2D eigenvalue weighted by molar-refractivity contribution is 5.54. The number of fused-ring (bicyclic) bond motifs is 1. The van der Waals surface area contributed by atoms with E-state index in [1.807, 2.05) is 25.1 Å². The van der Waals surface area contributed by atoms with Crippen LogP contribution in [0.4, 0.5) is 0 Å². The van der Waals surface area contributed by atoms with Crippen LogP contribution in [0.25, 0.3) is 0 Å². The Morgan fingerprint density at radius 1 is 1.36 bits per heavy atom. The zero-order valence-electron chi connectivity index (χ0n) is 14.9. The van der Waals surface area contributed by atoms with Gasteiger partial charge in [0.1, 0.15) is 11.6 Å². The fraction of sp³-hybridized carbons (Fsp3) is 0.368. The number of nitrogens with zero attached hydrogens (tertiary/aromatic N) is 2. The van der Waals surface area contributed by atoms with Gasteiger partial charge in [0.2, 0.25) is 11.8 Å². The van der Waals surface area contributed by atoms with Crippen molar-refractivity contribution in [2.75, 3.05) is 6.61 Å². The average molecular weight is 338 g/mol. The van der Waals surface area contributed by atoms with Crippen molar-refractivity contribution in [3.05, 3.63) is 52.5 Å². The summed E-state index contributed by atoms with van der Waals surface area (Å²) in [5.41, 5.74) is 9.13. The number of H-pyrrole nitrogens is 1. The molecule has 6 nitrogen and oxygen atoms in total. The maximum absolute atomic E-state index is 9.69. The Labute approximate surface area is 147 Å². The van der Waals surface area contributed by atoms with Gasteiger partial charge < -0.3 is 20.2 Å². The zero-order valence-corrected chi connectivity index (χ0v) is 14.9. The van der Waals surface area contributed by atoms with Crippen LogP contribution in [0.2, 0.25) is 0 Å². The fourth-order valence-corrected chi connectivity index (χ4v) is 3.14. The van der Waals surface area contributed by atoms with E-state index >= 15 is 0 Å². The molecule has 1 atom stereocenters. The van der Waals surface area contributed by atoms with Gasteiger partial charge in [-0.15, -0.1) is 0 Å². The lowest BCUT2D eigenvalue weighted by Crippen LogP contribution is -2.24. The van der Waals surface area contributed by atoms with Crippen molar-refractivity contribution in [2.45, 2.75) is 39.0 Å². The smallest absolute Gasteiger partial charge is 0.297 e. The van der Waals surface area contributed by atoms with Gasteiger partial charge in [-0.05, 0) is 23.5 Å². The highest BCUT2D eigenvalue weighted by Gasteiger charge is 2.36. The molecular formula is C19H22N4O2. The second kappa shape index (κ2) is 6.17. The molecule has 1 unspecified atom stereocenters. The molecule has 130 valence electrons. The van der Waals surface area contributed by atoms with Gasteiger partial charge in [-0.25, -0.2) is 0 Å². The maximum Gasteiger partial charge on any atom is 0.297 e. The second-order valence-corrected chi connectivity index (χ2v) is 6.96. The number of benzene rings is 1. The summed E-state index contributed by atoms with van der Waals surface area (Å²) in [4.78, 5) is 7.45.